The minimum atomic E-state index is -0.0258. The maximum atomic E-state index is 8.28. The second-order valence-corrected chi connectivity index (χ2v) is 13.1. The van der Waals surface area contributed by atoms with Crippen LogP contribution in [0.15, 0.2) is 23.8 Å². The van der Waals surface area contributed by atoms with E-state index >= 15 is 0 Å². The molecule has 0 amide bonds. The molecule has 0 aromatic rings. The van der Waals surface area contributed by atoms with E-state index in [0.717, 1.165) is 57.6 Å². The topological polar surface area (TPSA) is 83.2 Å². The fourth-order valence-electron chi connectivity index (χ4n) is 8.32. The molecule has 36 heavy (non-hydrogen) atoms. The van der Waals surface area contributed by atoms with Crippen molar-refractivity contribution in [1.29, 1.82) is 5.41 Å². The van der Waals surface area contributed by atoms with E-state index in [9.17, 15) is 0 Å². The zero-order chi connectivity index (χ0) is 26.6. The third kappa shape index (κ3) is 6.00. The summed E-state index contributed by atoms with van der Waals surface area (Å²) in [6.07, 6.45) is 13.0. The van der Waals surface area contributed by atoms with Gasteiger partial charge in [0.1, 0.15) is 0 Å². The average molecular weight is 503 g/mol. The average Bonchev–Trinajstić information content (AvgIpc) is 3.18. The zero-order valence-electron chi connectivity index (χ0n) is 24.3. The smallest absolute Gasteiger partial charge is 0.0694 e. The molecule has 0 aromatic carbocycles. The number of hydrogen-bond acceptors (Lipinski definition) is 5. The largest absolute Gasteiger partial charge is 0.325 e. The standard InChI is InChI=1S/C22H34N2.C9H22N2O.H2/c1-14-7-10-20(3)16(13-14)8-12-22(24)18-6-5-17(15(2)23)21(18,4)11-9-19(20)22;1-4-10-6-5-7-12-11-8-9(2)3;/h13,17-19,23H,1,5-12,24H2,2-4H3;9-11H,4-8H2,1-3H3;1H. The van der Waals surface area contributed by atoms with Crippen molar-refractivity contribution < 1.29 is 6.26 Å². The molecule has 0 radical (unpaired) electrons. The molecule has 5 heteroatoms. The van der Waals surface area contributed by atoms with E-state index in [1.54, 1.807) is 5.57 Å². The van der Waals surface area contributed by atoms with Gasteiger partial charge in [0.15, 0.2) is 0 Å². The van der Waals surface area contributed by atoms with Gasteiger partial charge in [0, 0.05) is 25.1 Å². The van der Waals surface area contributed by atoms with Gasteiger partial charge in [0.2, 0.25) is 0 Å². The highest BCUT2D eigenvalue weighted by atomic mass is 16.6. The SMILES string of the molecule is C=C1C=C2CCC3(N)C(CCC4(C)C(C(C)=N)CCC43)C2(C)CC1.CCNCCCONCC(C)C.[HH]. The molecule has 6 unspecified atom stereocenters. The number of hydroxylamine groups is 1. The van der Waals surface area contributed by atoms with Crippen molar-refractivity contribution in [2.24, 2.45) is 40.2 Å². The molecule has 0 aromatic heterocycles. The first-order chi connectivity index (χ1) is 17.0. The molecule has 0 saturated heterocycles. The number of allylic oxidation sites excluding steroid dienone is 3. The first-order valence-corrected chi connectivity index (χ1v) is 14.8. The number of nitrogens with two attached hydrogens (primary N) is 1. The Morgan fingerprint density at radius 3 is 2.61 bits per heavy atom. The number of rotatable bonds is 9. The molecule has 5 nitrogen and oxygen atoms in total. The van der Waals surface area contributed by atoms with Gasteiger partial charge in [-0.25, -0.2) is 5.48 Å². The summed E-state index contributed by atoms with van der Waals surface area (Å²) in [6.45, 7) is 21.4. The van der Waals surface area contributed by atoms with Gasteiger partial charge in [-0.1, -0.05) is 58.4 Å². The summed E-state index contributed by atoms with van der Waals surface area (Å²) in [5, 5.41) is 11.5. The second kappa shape index (κ2) is 12.2. The van der Waals surface area contributed by atoms with Gasteiger partial charge < -0.3 is 21.3 Å². The molecule has 4 aliphatic rings. The third-order valence-corrected chi connectivity index (χ3v) is 10.2. The monoisotopic (exact) mass is 502 g/mol. The number of nitrogens with one attached hydrogen (secondary N) is 3. The highest BCUT2D eigenvalue weighted by Gasteiger charge is 2.64. The Bertz CT molecular complexity index is 813. The molecule has 208 valence electrons. The summed E-state index contributed by atoms with van der Waals surface area (Å²) >= 11 is 0. The van der Waals surface area contributed by atoms with Crippen LogP contribution >= 0.6 is 0 Å². The van der Waals surface area contributed by atoms with Crippen molar-refractivity contribution in [3.05, 3.63) is 23.8 Å². The number of hydrogen-bond donors (Lipinski definition) is 4. The van der Waals surface area contributed by atoms with Crippen LogP contribution in [-0.4, -0.2) is 37.5 Å². The lowest BCUT2D eigenvalue weighted by Gasteiger charge is -2.63. The van der Waals surface area contributed by atoms with Crippen molar-refractivity contribution in [2.45, 2.75) is 105 Å². The lowest BCUT2D eigenvalue weighted by atomic mass is 9.43. The molecule has 0 spiro atoms. The van der Waals surface area contributed by atoms with Crippen LogP contribution in [0.2, 0.25) is 0 Å². The van der Waals surface area contributed by atoms with Crippen LogP contribution in [0.3, 0.4) is 0 Å². The van der Waals surface area contributed by atoms with Gasteiger partial charge in [-0.15, -0.1) is 0 Å². The van der Waals surface area contributed by atoms with Crippen molar-refractivity contribution in [3.8, 4) is 0 Å². The van der Waals surface area contributed by atoms with Gasteiger partial charge in [-0.2, -0.15) is 0 Å². The Morgan fingerprint density at radius 2 is 1.94 bits per heavy atom. The minimum Gasteiger partial charge on any atom is -0.325 e. The van der Waals surface area contributed by atoms with Crippen LogP contribution in [0.25, 0.3) is 0 Å². The summed E-state index contributed by atoms with van der Waals surface area (Å²) in [7, 11) is 0. The molecule has 6 atom stereocenters. The molecular weight excluding hydrogens is 444 g/mol. The Hall–Kier alpha value is -1.01. The fraction of sp³-hybridized carbons (Fsp3) is 0.839. The van der Waals surface area contributed by atoms with Crippen LogP contribution in [0.4, 0.5) is 0 Å². The quantitative estimate of drug-likeness (QED) is 0.162. The van der Waals surface area contributed by atoms with Gasteiger partial charge in [-0.05, 0) is 106 Å². The molecule has 3 saturated carbocycles. The Labute approximate surface area is 223 Å². The van der Waals surface area contributed by atoms with E-state index in [1.807, 2.05) is 6.92 Å². The van der Waals surface area contributed by atoms with Crippen LogP contribution < -0.4 is 16.5 Å². The maximum Gasteiger partial charge on any atom is 0.0694 e. The van der Waals surface area contributed by atoms with E-state index in [2.05, 4.69) is 58.1 Å². The maximum absolute atomic E-state index is 8.28. The van der Waals surface area contributed by atoms with Gasteiger partial charge >= 0.3 is 0 Å². The van der Waals surface area contributed by atoms with Crippen molar-refractivity contribution >= 4 is 5.71 Å². The third-order valence-electron chi connectivity index (χ3n) is 10.2. The molecule has 0 aliphatic heterocycles. The molecule has 4 rings (SSSR count). The summed E-state index contributed by atoms with van der Waals surface area (Å²) in [5.74, 6) is 2.32. The van der Waals surface area contributed by atoms with E-state index in [1.165, 1.54) is 37.7 Å². The van der Waals surface area contributed by atoms with Crippen LogP contribution in [0.5, 0.6) is 0 Å². The Balaban J connectivity index is 0.000000319. The highest BCUT2D eigenvalue weighted by Crippen LogP contribution is 2.67. The predicted molar refractivity (Wildman–Crippen MR) is 155 cm³/mol. The fourth-order valence-corrected chi connectivity index (χ4v) is 8.32. The summed E-state index contributed by atoms with van der Waals surface area (Å²) < 4.78 is 0. The normalized spacial score (nSPS) is 37.4. The summed E-state index contributed by atoms with van der Waals surface area (Å²) in [5.41, 5.74) is 14.6. The first kappa shape index (κ1) is 29.5. The van der Waals surface area contributed by atoms with Crippen LogP contribution in [0, 0.1) is 39.9 Å². The van der Waals surface area contributed by atoms with E-state index in [4.69, 9.17) is 16.0 Å². The predicted octanol–water partition coefficient (Wildman–Crippen LogP) is 6.65. The van der Waals surface area contributed by atoms with Crippen molar-refractivity contribution in [3.63, 3.8) is 0 Å². The van der Waals surface area contributed by atoms with Gasteiger partial charge in [0.05, 0.1) is 6.61 Å². The van der Waals surface area contributed by atoms with Gasteiger partial charge in [0.25, 0.3) is 0 Å². The molecule has 5 N–H and O–H groups in total. The minimum absolute atomic E-state index is 0. The second-order valence-electron chi connectivity index (χ2n) is 13.1. The molecule has 0 heterocycles. The van der Waals surface area contributed by atoms with Crippen LogP contribution in [-0.2, 0) is 4.84 Å². The Morgan fingerprint density at radius 1 is 1.19 bits per heavy atom. The first-order valence-electron chi connectivity index (χ1n) is 14.8. The molecular formula is C31H58N4O. The number of fused-ring (bicyclic) bond motifs is 5. The molecule has 4 aliphatic carbocycles. The summed E-state index contributed by atoms with van der Waals surface area (Å²) in [6, 6.07) is 0. The molecule has 0 bridgehead atoms. The van der Waals surface area contributed by atoms with Crippen molar-refractivity contribution in [2.75, 3.05) is 26.2 Å². The van der Waals surface area contributed by atoms with E-state index in [0.29, 0.717) is 23.7 Å². The lowest BCUT2D eigenvalue weighted by molar-refractivity contribution is -0.0624. The Kier molecular flexibility index (Phi) is 10.0. The van der Waals surface area contributed by atoms with Gasteiger partial charge in [-0.3, -0.25) is 0 Å². The van der Waals surface area contributed by atoms with Crippen LogP contribution in [0.1, 0.15) is 101 Å². The highest BCUT2D eigenvalue weighted by molar-refractivity contribution is 5.82. The lowest BCUT2D eigenvalue weighted by Crippen LogP contribution is -2.66. The van der Waals surface area contributed by atoms with E-state index < -0.39 is 0 Å². The van der Waals surface area contributed by atoms with E-state index in [-0.39, 0.29) is 17.8 Å². The molecule has 3 fully saturated rings. The zero-order valence-corrected chi connectivity index (χ0v) is 24.3. The summed E-state index contributed by atoms with van der Waals surface area (Å²) in [4.78, 5) is 5.20. The van der Waals surface area contributed by atoms with Crippen molar-refractivity contribution in [1.82, 2.24) is 10.8 Å².